The van der Waals surface area contributed by atoms with Crippen molar-refractivity contribution in [2.24, 2.45) is 5.10 Å². The van der Waals surface area contributed by atoms with E-state index in [9.17, 15) is 13.2 Å². The molecule has 0 spiro atoms. The van der Waals surface area contributed by atoms with Gasteiger partial charge in [-0.25, -0.2) is 4.79 Å². The molecule has 0 radical (unpaired) electrons. The SMILES string of the molecule is CCOC(=O)c1noc(C)c1/C(C)=N/NS(=O)(=O)c1ccccc1. The first kappa shape index (κ1) is 17.7. The molecule has 1 N–H and O–H groups in total. The fraction of sp³-hybridized carbons (Fsp3) is 0.267. The second kappa shape index (κ2) is 7.26. The van der Waals surface area contributed by atoms with Gasteiger partial charge in [0.15, 0.2) is 0 Å². The number of nitrogens with one attached hydrogen (secondary N) is 1. The first-order valence-electron chi connectivity index (χ1n) is 7.11. The number of rotatable bonds is 6. The molecule has 0 aliphatic carbocycles. The van der Waals surface area contributed by atoms with E-state index in [0.717, 1.165) is 0 Å². The molecule has 0 atom stereocenters. The molecule has 8 nitrogen and oxygen atoms in total. The van der Waals surface area contributed by atoms with Crippen LogP contribution in [0.4, 0.5) is 0 Å². The molecular weight excluding hydrogens is 334 g/mol. The summed E-state index contributed by atoms with van der Waals surface area (Å²) in [6, 6.07) is 7.81. The summed E-state index contributed by atoms with van der Waals surface area (Å²) in [5.74, 6) is -0.331. The third kappa shape index (κ3) is 3.80. The number of carbonyl (C=O) groups excluding carboxylic acids is 1. The van der Waals surface area contributed by atoms with Gasteiger partial charge in [0.1, 0.15) is 5.76 Å². The fourth-order valence-corrected chi connectivity index (χ4v) is 2.85. The average Bonchev–Trinajstić information content (AvgIpc) is 2.95. The van der Waals surface area contributed by atoms with Crippen molar-refractivity contribution in [3.8, 4) is 0 Å². The molecule has 0 bridgehead atoms. The van der Waals surface area contributed by atoms with Gasteiger partial charge in [0.05, 0.1) is 22.8 Å². The summed E-state index contributed by atoms with van der Waals surface area (Å²) in [6.45, 7) is 4.98. The third-order valence-electron chi connectivity index (χ3n) is 3.08. The second-order valence-corrected chi connectivity index (χ2v) is 6.45. The first-order chi connectivity index (χ1) is 11.4. The van der Waals surface area contributed by atoms with Crippen molar-refractivity contribution in [3.05, 3.63) is 47.3 Å². The molecule has 0 unspecified atom stereocenters. The Morgan fingerprint density at radius 3 is 2.62 bits per heavy atom. The zero-order valence-electron chi connectivity index (χ0n) is 13.4. The van der Waals surface area contributed by atoms with Crippen molar-refractivity contribution < 1.29 is 22.5 Å². The lowest BCUT2D eigenvalue weighted by molar-refractivity contribution is 0.0514. The maximum Gasteiger partial charge on any atom is 0.361 e. The summed E-state index contributed by atoms with van der Waals surface area (Å²) in [4.78, 5) is 14.1. The van der Waals surface area contributed by atoms with Crippen molar-refractivity contribution >= 4 is 21.7 Å². The molecule has 0 saturated heterocycles. The minimum absolute atomic E-state index is 0.0468. The maximum atomic E-state index is 12.2. The standard InChI is InChI=1S/C15H17N3O5S/c1-4-22-15(19)14-13(11(3)23-17-14)10(2)16-18-24(20,21)12-8-6-5-7-9-12/h5-9,18H,4H2,1-3H3/b16-10+. The topological polar surface area (TPSA) is 111 Å². The van der Waals surface area contributed by atoms with E-state index in [-0.39, 0.29) is 22.9 Å². The van der Waals surface area contributed by atoms with Crippen LogP contribution in [-0.4, -0.2) is 31.9 Å². The number of hydrogen-bond acceptors (Lipinski definition) is 7. The van der Waals surface area contributed by atoms with Gasteiger partial charge in [0, 0.05) is 0 Å². The van der Waals surface area contributed by atoms with E-state index in [2.05, 4.69) is 15.1 Å². The minimum Gasteiger partial charge on any atom is -0.461 e. The molecule has 24 heavy (non-hydrogen) atoms. The van der Waals surface area contributed by atoms with Crippen LogP contribution in [0.5, 0.6) is 0 Å². The molecule has 0 saturated carbocycles. The van der Waals surface area contributed by atoms with Crippen LogP contribution in [0.2, 0.25) is 0 Å². The van der Waals surface area contributed by atoms with Crippen LogP contribution in [-0.2, 0) is 14.8 Å². The van der Waals surface area contributed by atoms with E-state index in [1.54, 1.807) is 32.0 Å². The van der Waals surface area contributed by atoms with Crippen LogP contribution in [0.1, 0.15) is 35.7 Å². The predicted molar refractivity (Wildman–Crippen MR) is 86.2 cm³/mol. The molecule has 0 aliphatic heterocycles. The Morgan fingerprint density at radius 1 is 1.33 bits per heavy atom. The van der Waals surface area contributed by atoms with Gasteiger partial charge in [-0.3, -0.25) is 0 Å². The lowest BCUT2D eigenvalue weighted by Crippen LogP contribution is -2.20. The summed E-state index contributed by atoms with van der Waals surface area (Å²) in [5, 5.41) is 7.50. The van der Waals surface area contributed by atoms with Crippen LogP contribution < -0.4 is 4.83 Å². The summed E-state index contributed by atoms with van der Waals surface area (Å²) in [5.41, 5.74) is 0.482. The van der Waals surface area contributed by atoms with E-state index in [4.69, 9.17) is 9.26 Å². The van der Waals surface area contributed by atoms with E-state index in [0.29, 0.717) is 11.3 Å². The van der Waals surface area contributed by atoms with Crippen LogP contribution in [0.3, 0.4) is 0 Å². The Hall–Kier alpha value is -2.68. The Bertz CT molecular complexity index is 856. The lowest BCUT2D eigenvalue weighted by Gasteiger charge is -2.05. The lowest BCUT2D eigenvalue weighted by atomic mass is 10.1. The summed E-state index contributed by atoms with van der Waals surface area (Å²) < 4.78 is 34.2. The van der Waals surface area contributed by atoms with Crippen LogP contribution in [0.15, 0.2) is 44.9 Å². The second-order valence-electron chi connectivity index (χ2n) is 4.79. The zero-order valence-corrected chi connectivity index (χ0v) is 14.3. The number of nitrogens with zero attached hydrogens (tertiary/aromatic N) is 2. The molecule has 128 valence electrons. The van der Waals surface area contributed by atoms with Crippen molar-refractivity contribution in [2.45, 2.75) is 25.7 Å². The number of benzene rings is 1. The Kier molecular flexibility index (Phi) is 5.35. The maximum absolute atomic E-state index is 12.2. The molecule has 1 aromatic heterocycles. The summed E-state index contributed by atoms with van der Waals surface area (Å²) in [7, 11) is -3.81. The highest BCUT2D eigenvalue weighted by Crippen LogP contribution is 2.16. The van der Waals surface area contributed by atoms with Gasteiger partial charge in [-0.15, -0.1) is 0 Å². The monoisotopic (exact) mass is 351 g/mol. The minimum atomic E-state index is -3.81. The fourth-order valence-electron chi connectivity index (χ4n) is 1.97. The number of esters is 1. The normalized spacial score (nSPS) is 12.0. The smallest absolute Gasteiger partial charge is 0.361 e. The van der Waals surface area contributed by atoms with E-state index in [1.807, 2.05) is 0 Å². The number of aromatic nitrogens is 1. The highest BCUT2D eigenvalue weighted by Gasteiger charge is 2.23. The van der Waals surface area contributed by atoms with Crippen LogP contribution in [0, 0.1) is 6.92 Å². The average molecular weight is 351 g/mol. The van der Waals surface area contributed by atoms with Gasteiger partial charge in [-0.1, -0.05) is 23.4 Å². The quantitative estimate of drug-likeness (QED) is 0.483. The number of carbonyl (C=O) groups is 1. The Morgan fingerprint density at radius 2 is 2.00 bits per heavy atom. The third-order valence-corrected chi connectivity index (χ3v) is 4.30. The van der Waals surface area contributed by atoms with Crippen molar-refractivity contribution in [1.29, 1.82) is 0 Å². The Balaban J connectivity index is 2.29. The van der Waals surface area contributed by atoms with Gasteiger partial charge in [-0.05, 0) is 32.9 Å². The molecule has 9 heteroatoms. The van der Waals surface area contributed by atoms with Crippen LogP contribution in [0.25, 0.3) is 0 Å². The number of sulfonamides is 1. The number of hydrazone groups is 1. The van der Waals surface area contributed by atoms with Gasteiger partial charge in [0.2, 0.25) is 5.69 Å². The number of aryl methyl sites for hydroxylation is 1. The Labute approximate surface area is 139 Å². The van der Waals surface area contributed by atoms with Crippen molar-refractivity contribution in [1.82, 2.24) is 9.99 Å². The van der Waals surface area contributed by atoms with Gasteiger partial charge in [-0.2, -0.15) is 18.4 Å². The predicted octanol–water partition coefficient (Wildman–Crippen LogP) is 1.86. The molecule has 2 aromatic rings. The summed E-state index contributed by atoms with van der Waals surface area (Å²) in [6.07, 6.45) is 0. The first-order valence-corrected chi connectivity index (χ1v) is 8.60. The van der Waals surface area contributed by atoms with Crippen molar-refractivity contribution in [3.63, 3.8) is 0 Å². The number of ether oxygens (including phenoxy) is 1. The van der Waals surface area contributed by atoms with Gasteiger partial charge in [0.25, 0.3) is 10.0 Å². The molecular formula is C15H17N3O5S. The molecule has 0 amide bonds. The van der Waals surface area contributed by atoms with Gasteiger partial charge >= 0.3 is 5.97 Å². The highest BCUT2D eigenvalue weighted by molar-refractivity contribution is 7.89. The largest absolute Gasteiger partial charge is 0.461 e. The van der Waals surface area contributed by atoms with E-state index >= 15 is 0 Å². The molecule has 2 rings (SSSR count). The van der Waals surface area contributed by atoms with E-state index < -0.39 is 16.0 Å². The summed E-state index contributed by atoms with van der Waals surface area (Å²) >= 11 is 0. The van der Waals surface area contributed by atoms with E-state index in [1.165, 1.54) is 19.1 Å². The highest BCUT2D eigenvalue weighted by atomic mass is 32.2. The van der Waals surface area contributed by atoms with Gasteiger partial charge < -0.3 is 9.26 Å². The molecule has 0 aliphatic rings. The molecule has 0 fully saturated rings. The molecule has 1 aromatic carbocycles. The zero-order chi connectivity index (χ0) is 17.7. The molecule has 1 heterocycles. The van der Waals surface area contributed by atoms with Crippen molar-refractivity contribution in [2.75, 3.05) is 6.61 Å². The number of hydrogen-bond donors (Lipinski definition) is 1. The van der Waals surface area contributed by atoms with Crippen LogP contribution >= 0.6 is 0 Å².